The number of aliphatic carboxylic acids is 1. The second kappa shape index (κ2) is 5.68. The third-order valence-corrected chi connectivity index (χ3v) is 3.47. The Hall–Kier alpha value is -1.45. The molecule has 1 fully saturated rings. The standard InChI is InChI=1S/C15H26N2O2/c1-6-8-15(13(18)19)9-7-10-17(11-15)12(2)16-14(3,4)5/h6,16H,1-2,7-11H2,3-5H3,(H,18,19). The molecule has 1 atom stereocenters. The fourth-order valence-electron chi connectivity index (χ4n) is 2.58. The molecule has 0 bridgehead atoms. The largest absolute Gasteiger partial charge is 0.481 e. The molecular weight excluding hydrogens is 240 g/mol. The highest BCUT2D eigenvalue weighted by atomic mass is 16.4. The van der Waals surface area contributed by atoms with Crippen molar-refractivity contribution in [3.63, 3.8) is 0 Å². The number of carboxylic acids is 1. The Morgan fingerprint density at radius 2 is 2.16 bits per heavy atom. The quantitative estimate of drug-likeness (QED) is 0.751. The normalized spacial score (nSPS) is 23.8. The first-order valence-electron chi connectivity index (χ1n) is 6.76. The number of hydrogen-bond donors (Lipinski definition) is 2. The maximum atomic E-state index is 11.6. The molecule has 0 radical (unpaired) electrons. The van der Waals surface area contributed by atoms with Gasteiger partial charge in [0.25, 0.3) is 0 Å². The summed E-state index contributed by atoms with van der Waals surface area (Å²) in [4.78, 5) is 13.6. The van der Waals surface area contributed by atoms with E-state index in [2.05, 4.69) is 39.2 Å². The van der Waals surface area contributed by atoms with Crippen LogP contribution in [0, 0.1) is 5.41 Å². The van der Waals surface area contributed by atoms with Gasteiger partial charge in [-0.1, -0.05) is 12.7 Å². The van der Waals surface area contributed by atoms with Gasteiger partial charge in [-0.15, -0.1) is 6.58 Å². The topological polar surface area (TPSA) is 52.6 Å². The molecule has 19 heavy (non-hydrogen) atoms. The molecular formula is C15H26N2O2. The van der Waals surface area contributed by atoms with Gasteiger partial charge in [-0.2, -0.15) is 0 Å². The average molecular weight is 266 g/mol. The van der Waals surface area contributed by atoms with E-state index in [1.54, 1.807) is 6.08 Å². The van der Waals surface area contributed by atoms with Gasteiger partial charge in [-0.25, -0.2) is 0 Å². The molecule has 0 aromatic rings. The molecule has 1 unspecified atom stereocenters. The zero-order chi connectivity index (χ0) is 14.7. The summed E-state index contributed by atoms with van der Waals surface area (Å²) in [6.45, 7) is 15.3. The highest BCUT2D eigenvalue weighted by Gasteiger charge is 2.41. The van der Waals surface area contributed by atoms with Crippen LogP contribution in [0.2, 0.25) is 0 Å². The van der Waals surface area contributed by atoms with Gasteiger partial charge in [0.2, 0.25) is 0 Å². The van der Waals surface area contributed by atoms with Gasteiger partial charge in [0, 0.05) is 18.6 Å². The number of carbonyl (C=O) groups is 1. The van der Waals surface area contributed by atoms with Crippen molar-refractivity contribution in [2.24, 2.45) is 5.41 Å². The van der Waals surface area contributed by atoms with Crippen molar-refractivity contribution >= 4 is 5.97 Å². The molecule has 108 valence electrons. The van der Waals surface area contributed by atoms with E-state index >= 15 is 0 Å². The molecule has 4 heteroatoms. The summed E-state index contributed by atoms with van der Waals surface area (Å²) in [5.41, 5.74) is -0.790. The number of carboxylic acid groups (broad SMARTS) is 1. The second-order valence-electron chi connectivity index (χ2n) is 6.43. The van der Waals surface area contributed by atoms with Crippen molar-refractivity contribution in [1.29, 1.82) is 0 Å². The molecule has 0 aliphatic carbocycles. The molecule has 0 spiro atoms. The summed E-state index contributed by atoms with van der Waals surface area (Å²) in [6.07, 6.45) is 3.78. The van der Waals surface area contributed by atoms with Crippen molar-refractivity contribution in [2.45, 2.75) is 45.6 Å². The van der Waals surface area contributed by atoms with E-state index < -0.39 is 11.4 Å². The molecule has 1 aliphatic rings. The van der Waals surface area contributed by atoms with Gasteiger partial charge in [0.1, 0.15) is 0 Å². The van der Waals surface area contributed by atoms with E-state index in [-0.39, 0.29) is 5.54 Å². The first-order chi connectivity index (χ1) is 8.70. The maximum Gasteiger partial charge on any atom is 0.311 e. The van der Waals surface area contributed by atoms with Gasteiger partial charge in [-0.3, -0.25) is 4.79 Å². The average Bonchev–Trinajstić information content (AvgIpc) is 2.27. The summed E-state index contributed by atoms with van der Waals surface area (Å²) >= 11 is 0. The molecule has 1 rings (SSSR count). The Bertz CT molecular complexity index is 371. The van der Waals surface area contributed by atoms with Crippen LogP contribution >= 0.6 is 0 Å². The van der Waals surface area contributed by atoms with Crippen LogP contribution in [0.25, 0.3) is 0 Å². The van der Waals surface area contributed by atoms with E-state index in [9.17, 15) is 9.90 Å². The van der Waals surface area contributed by atoms with Crippen molar-refractivity contribution in [3.05, 3.63) is 25.1 Å². The molecule has 2 N–H and O–H groups in total. The van der Waals surface area contributed by atoms with Crippen LogP contribution in [0.1, 0.15) is 40.0 Å². The Morgan fingerprint density at radius 1 is 1.53 bits per heavy atom. The number of hydrogen-bond acceptors (Lipinski definition) is 3. The molecule has 0 aromatic carbocycles. The van der Waals surface area contributed by atoms with Crippen LogP contribution in [0.3, 0.4) is 0 Å². The number of piperidine rings is 1. The summed E-state index contributed by atoms with van der Waals surface area (Å²) in [5.74, 6) is 0.0718. The minimum Gasteiger partial charge on any atom is -0.481 e. The van der Waals surface area contributed by atoms with Gasteiger partial charge in [0.15, 0.2) is 0 Å². The number of rotatable bonds is 5. The zero-order valence-corrected chi connectivity index (χ0v) is 12.3. The van der Waals surface area contributed by atoms with Crippen molar-refractivity contribution < 1.29 is 9.90 Å². The van der Waals surface area contributed by atoms with E-state index in [1.807, 2.05) is 4.90 Å². The number of nitrogens with zero attached hydrogens (tertiary/aromatic N) is 1. The smallest absolute Gasteiger partial charge is 0.311 e. The van der Waals surface area contributed by atoms with Crippen molar-refractivity contribution in [2.75, 3.05) is 13.1 Å². The Balaban J connectivity index is 2.80. The lowest BCUT2D eigenvalue weighted by atomic mass is 9.77. The van der Waals surface area contributed by atoms with E-state index in [4.69, 9.17) is 0 Å². The van der Waals surface area contributed by atoms with Crippen LogP contribution in [0.4, 0.5) is 0 Å². The lowest BCUT2D eigenvalue weighted by Gasteiger charge is -2.42. The second-order valence-corrected chi connectivity index (χ2v) is 6.43. The lowest BCUT2D eigenvalue weighted by Crippen LogP contribution is -2.51. The number of allylic oxidation sites excluding steroid dienone is 1. The number of likely N-dealkylation sites (tertiary alicyclic amines) is 1. The first-order valence-corrected chi connectivity index (χ1v) is 6.76. The summed E-state index contributed by atoms with van der Waals surface area (Å²) < 4.78 is 0. The Kier molecular flexibility index (Phi) is 4.66. The molecule has 1 heterocycles. The Morgan fingerprint density at radius 3 is 2.63 bits per heavy atom. The van der Waals surface area contributed by atoms with Gasteiger partial charge < -0.3 is 15.3 Å². The summed E-state index contributed by atoms with van der Waals surface area (Å²) in [5, 5.41) is 12.8. The summed E-state index contributed by atoms with van der Waals surface area (Å²) in [7, 11) is 0. The SMILES string of the molecule is C=CCC1(C(=O)O)CCCN(C(=C)NC(C)(C)C)C1. The van der Waals surface area contributed by atoms with Crippen LogP contribution in [0.15, 0.2) is 25.1 Å². The molecule has 0 aromatic heterocycles. The van der Waals surface area contributed by atoms with Gasteiger partial charge in [0.05, 0.1) is 11.2 Å². The van der Waals surface area contributed by atoms with Crippen LogP contribution in [-0.2, 0) is 4.79 Å². The van der Waals surface area contributed by atoms with Crippen molar-refractivity contribution in [3.8, 4) is 0 Å². The van der Waals surface area contributed by atoms with Crippen LogP contribution in [-0.4, -0.2) is 34.6 Å². The minimum absolute atomic E-state index is 0.0706. The first kappa shape index (κ1) is 15.6. The molecule has 1 saturated heterocycles. The highest BCUT2D eigenvalue weighted by Crippen LogP contribution is 2.35. The molecule has 0 amide bonds. The van der Waals surface area contributed by atoms with Gasteiger partial charge in [-0.05, 0) is 40.0 Å². The van der Waals surface area contributed by atoms with Crippen molar-refractivity contribution in [1.82, 2.24) is 10.2 Å². The molecule has 0 saturated carbocycles. The van der Waals surface area contributed by atoms with E-state index in [0.29, 0.717) is 19.4 Å². The fraction of sp³-hybridized carbons (Fsp3) is 0.667. The van der Waals surface area contributed by atoms with E-state index in [0.717, 1.165) is 18.8 Å². The van der Waals surface area contributed by atoms with Gasteiger partial charge >= 0.3 is 5.97 Å². The zero-order valence-electron chi connectivity index (χ0n) is 12.3. The predicted molar refractivity (Wildman–Crippen MR) is 77.7 cm³/mol. The third kappa shape index (κ3) is 4.01. The lowest BCUT2D eigenvalue weighted by molar-refractivity contribution is -0.152. The minimum atomic E-state index is -0.736. The molecule has 1 aliphatic heterocycles. The predicted octanol–water partition coefficient (Wildman–Crippen LogP) is 2.59. The maximum absolute atomic E-state index is 11.6. The highest BCUT2D eigenvalue weighted by molar-refractivity contribution is 5.75. The third-order valence-electron chi connectivity index (χ3n) is 3.47. The Labute approximate surface area is 116 Å². The number of nitrogens with one attached hydrogen (secondary N) is 1. The van der Waals surface area contributed by atoms with Crippen LogP contribution < -0.4 is 5.32 Å². The van der Waals surface area contributed by atoms with Crippen LogP contribution in [0.5, 0.6) is 0 Å². The summed E-state index contributed by atoms with van der Waals surface area (Å²) in [6, 6.07) is 0. The fourth-order valence-corrected chi connectivity index (χ4v) is 2.58. The molecule has 4 nitrogen and oxygen atoms in total. The monoisotopic (exact) mass is 266 g/mol. The van der Waals surface area contributed by atoms with E-state index in [1.165, 1.54) is 0 Å².